The van der Waals surface area contributed by atoms with E-state index >= 15 is 0 Å². The second kappa shape index (κ2) is 7.81. The van der Waals surface area contributed by atoms with Gasteiger partial charge in [0.05, 0.1) is 12.6 Å². The third-order valence-corrected chi connectivity index (χ3v) is 5.00. The first-order chi connectivity index (χ1) is 12.8. The minimum absolute atomic E-state index is 0.331. The number of benzene rings is 2. The van der Waals surface area contributed by atoms with Gasteiger partial charge < -0.3 is 9.52 Å². The molecule has 1 fully saturated rings. The van der Waals surface area contributed by atoms with Crippen molar-refractivity contribution in [3.05, 3.63) is 72.1 Å². The lowest BCUT2D eigenvalue weighted by Crippen LogP contribution is -2.30. The maximum Gasteiger partial charge on any atom is 0.247 e. The summed E-state index contributed by atoms with van der Waals surface area (Å²) < 4.78 is 5.84. The van der Waals surface area contributed by atoms with Gasteiger partial charge in [0.15, 0.2) is 0 Å². The molecule has 5 heteroatoms. The number of hydrogen-bond acceptors (Lipinski definition) is 5. The standard InChI is InChI=1S/C21H23N3O2/c25-19(16-8-3-1-4-9-16)14-18-12-7-13-24(18)15-20-22-23-21(26-20)17-10-5-2-6-11-17/h1-6,8-11,18-19,25H,7,12-15H2. The molecule has 3 aromatic rings. The van der Waals surface area contributed by atoms with Crippen molar-refractivity contribution in [2.45, 2.75) is 38.0 Å². The van der Waals surface area contributed by atoms with Gasteiger partial charge in [-0.1, -0.05) is 48.5 Å². The first-order valence-electron chi connectivity index (χ1n) is 9.14. The third-order valence-electron chi connectivity index (χ3n) is 5.00. The Hall–Kier alpha value is -2.50. The van der Waals surface area contributed by atoms with Crippen molar-refractivity contribution in [2.24, 2.45) is 0 Å². The summed E-state index contributed by atoms with van der Waals surface area (Å²) in [5.41, 5.74) is 1.91. The average Bonchev–Trinajstić information content (AvgIpc) is 3.33. The zero-order valence-electron chi connectivity index (χ0n) is 14.7. The average molecular weight is 349 g/mol. The highest BCUT2D eigenvalue weighted by atomic mass is 16.4. The predicted octanol–water partition coefficient (Wildman–Crippen LogP) is 3.82. The molecular weight excluding hydrogens is 326 g/mol. The van der Waals surface area contributed by atoms with Gasteiger partial charge in [0.2, 0.25) is 11.8 Å². The molecular formula is C21H23N3O2. The molecule has 1 N–H and O–H groups in total. The lowest BCUT2D eigenvalue weighted by molar-refractivity contribution is 0.114. The molecule has 2 unspecified atom stereocenters. The summed E-state index contributed by atoms with van der Waals surface area (Å²) in [6, 6.07) is 20.0. The molecule has 2 atom stereocenters. The molecule has 26 heavy (non-hydrogen) atoms. The lowest BCUT2D eigenvalue weighted by Gasteiger charge is -2.25. The van der Waals surface area contributed by atoms with E-state index in [0.717, 1.165) is 36.9 Å². The number of likely N-dealkylation sites (tertiary alicyclic amines) is 1. The number of aliphatic hydroxyl groups is 1. The number of rotatable bonds is 6. The summed E-state index contributed by atoms with van der Waals surface area (Å²) >= 11 is 0. The second-order valence-electron chi connectivity index (χ2n) is 6.80. The quantitative estimate of drug-likeness (QED) is 0.733. The molecule has 1 aliphatic heterocycles. The molecule has 0 radical (unpaired) electrons. The molecule has 2 aromatic carbocycles. The Balaban J connectivity index is 1.40. The first kappa shape index (κ1) is 16.9. The molecule has 0 spiro atoms. The van der Waals surface area contributed by atoms with Gasteiger partial charge in [0.25, 0.3) is 0 Å². The summed E-state index contributed by atoms with van der Waals surface area (Å²) in [6.07, 6.45) is 2.50. The smallest absolute Gasteiger partial charge is 0.247 e. The number of aromatic nitrogens is 2. The van der Waals surface area contributed by atoms with E-state index < -0.39 is 6.10 Å². The van der Waals surface area contributed by atoms with Crippen LogP contribution in [0.3, 0.4) is 0 Å². The van der Waals surface area contributed by atoms with Gasteiger partial charge in [-0.2, -0.15) is 0 Å². The van der Waals surface area contributed by atoms with Crippen LogP contribution in [0.25, 0.3) is 11.5 Å². The fraction of sp³-hybridized carbons (Fsp3) is 0.333. The molecule has 0 aliphatic carbocycles. The van der Waals surface area contributed by atoms with Crippen LogP contribution < -0.4 is 0 Å². The van der Waals surface area contributed by atoms with Crippen molar-refractivity contribution < 1.29 is 9.52 Å². The predicted molar refractivity (Wildman–Crippen MR) is 99.2 cm³/mol. The van der Waals surface area contributed by atoms with Gasteiger partial charge >= 0.3 is 0 Å². The van der Waals surface area contributed by atoms with Gasteiger partial charge in [-0.3, -0.25) is 4.90 Å². The van der Waals surface area contributed by atoms with Crippen molar-refractivity contribution in [1.29, 1.82) is 0 Å². The normalized spacial score (nSPS) is 18.9. The van der Waals surface area contributed by atoms with E-state index in [-0.39, 0.29) is 0 Å². The Morgan fingerprint density at radius 1 is 1.04 bits per heavy atom. The molecule has 1 saturated heterocycles. The van der Waals surface area contributed by atoms with Crippen LogP contribution in [0.1, 0.15) is 36.8 Å². The fourth-order valence-corrected chi connectivity index (χ4v) is 3.63. The molecule has 1 aliphatic rings. The third kappa shape index (κ3) is 3.84. The van der Waals surface area contributed by atoms with Crippen molar-refractivity contribution in [3.63, 3.8) is 0 Å². The van der Waals surface area contributed by atoms with Crippen LogP contribution in [0.15, 0.2) is 65.1 Å². The van der Waals surface area contributed by atoms with Crippen LogP contribution in [-0.4, -0.2) is 32.8 Å². The maximum absolute atomic E-state index is 10.5. The van der Waals surface area contributed by atoms with E-state index in [9.17, 15) is 5.11 Å². The van der Waals surface area contributed by atoms with Gasteiger partial charge in [0, 0.05) is 11.6 Å². The highest BCUT2D eigenvalue weighted by Gasteiger charge is 2.28. The van der Waals surface area contributed by atoms with Crippen molar-refractivity contribution in [2.75, 3.05) is 6.54 Å². The number of aliphatic hydroxyl groups excluding tert-OH is 1. The number of nitrogens with zero attached hydrogens (tertiary/aromatic N) is 3. The summed E-state index contributed by atoms with van der Waals surface area (Å²) in [6.45, 7) is 1.63. The monoisotopic (exact) mass is 349 g/mol. The number of hydrogen-bond donors (Lipinski definition) is 1. The van der Waals surface area contributed by atoms with E-state index in [1.165, 1.54) is 0 Å². The van der Waals surface area contributed by atoms with Gasteiger partial charge in [-0.05, 0) is 43.5 Å². The Morgan fingerprint density at radius 2 is 1.77 bits per heavy atom. The highest BCUT2D eigenvalue weighted by molar-refractivity contribution is 5.51. The van der Waals surface area contributed by atoms with E-state index in [1.807, 2.05) is 60.7 Å². The summed E-state index contributed by atoms with van der Waals surface area (Å²) in [7, 11) is 0. The van der Waals surface area contributed by atoms with E-state index in [2.05, 4.69) is 15.1 Å². The Bertz CT molecular complexity index is 820. The molecule has 0 amide bonds. The van der Waals surface area contributed by atoms with Crippen molar-refractivity contribution >= 4 is 0 Å². The van der Waals surface area contributed by atoms with Gasteiger partial charge in [0.1, 0.15) is 0 Å². The zero-order chi connectivity index (χ0) is 17.8. The fourth-order valence-electron chi connectivity index (χ4n) is 3.63. The lowest BCUT2D eigenvalue weighted by atomic mass is 10.0. The molecule has 5 nitrogen and oxygen atoms in total. The first-order valence-corrected chi connectivity index (χ1v) is 9.14. The van der Waals surface area contributed by atoms with Crippen LogP contribution >= 0.6 is 0 Å². The molecule has 0 saturated carbocycles. The van der Waals surface area contributed by atoms with Crippen LogP contribution in [0.2, 0.25) is 0 Å². The van der Waals surface area contributed by atoms with Crippen molar-refractivity contribution in [3.8, 4) is 11.5 Å². The Kier molecular flexibility index (Phi) is 5.09. The molecule has 2 heterocycles. The zero-order valence-corrected chi connectivity index (χ0v) is 14.7. The molecule has 134 valence electrons. The second-order valence-corrected chi connectivity index (χ2v) is 6.80. The molecule has 0 bridgehead atoms. The van der Waals surface area contributed by atoms with Crippen LogP contribution in [0.4, 0.5) is 0 Å². The van der Waals surface area contributed by atoms with Crippen LogP contribution in [0, 0.1) is 0 Å². The largest absolute Gasteiger partial charge is 0.419 e. The minimum atomic E-state index is -0.440. The van der Waals surface area contributed by atoms with Gasteiger partial charge in [-0.15, -0.1) is 10.2 Å². The molecule has 1 aromatic heterocycles. The van der Waals surface area contributed by atoms with E-state index in [4.69, 9.17) is 4.42 Å². The topological polar surface area (TPSA) is 62.4 Å². The summed E-state index contributed by atoms with van der Waals surface area (Å²) in [4.78, 5) is 2.34. The Labute approximate surface area is 153 Å². The molecule has 4 rings (SSSR count). The maximum atomic E-state index is 10.5. The minimum Gasteiger partial charge on any atom is -0.419 e. The SMILES string of the molecule is OC(CC1CCCN1Cc1nnc(-c2ccccc2)o1)c1ccccc1. The van der Waals surface area contributed by atoms with E-state index in [1.54, 1.807) is 0 Å². The summed E-state index contributed by atoms with van der Waals surface area (Å²) in [5.74, 6) is 1.19. The van der Waals surface area contributed by atoms with Crippen LogP contribution in [-0.2, 0) is 6.54 Å². The van der Waals surface area contributed by atoms with Crippen molar-refractivity contribution in [1.82, 2.24) is 15.1 Å². The van der Waals surface area contributed by atoms with Gasteiger partial charge in [-0.25, -0.2) is 0 Å². The Morgan fingerprint density at radius 3 is 2.54 bits per heavy atom. The summed E-state index contributed by atoms with van der Waals surface area (Å²) in [5, 5.41) is 18.9. The van der Waals surface area contributed by atoms with Crippen LogP contribution in [0.5, 0.6) is 0 Å². The highest BCUT2D eigenvalue weighted by Crippen LogP contribution is 2.29. The van der Waals surface area contributed by atoms with E-state index in [0.29, 0.717) is 24.4 Å².